The van der Waals surface area contributed by atoms with Crippen molar-refractivity contribution < 1.29 is 21.9 Å². The van der Waals surface area contributed by atoms with Gasteiger partial charge in [0.05, 0.1) is 13.2 Å². The molecule has 0 saturated carbocycles. The van der Waals surface area contributed by atoms with Crippen LogP contribution in [0.5, 0.6) is 5.75 Å². The lowest BCUT2D eigenvalue weighted by Gasteiger charge is -2.10. The Morgan fingerprint density at radius 2 is 2.11 bits per heavy atom. The summed E-state index contributed by atoms with van der Waals surface area (Å²) in [6, 6.07) is 8.25. The van der Waals surface area contributed by atoms with E-state index in [-0.39, 0.29) is 12.4 Å². The predicted molar refractivity (Wildman–Crippen MR) is 68.5 cm³/mol. The zero-order valence-electron chi connectivity index (χ0n) is 10.8. The number of hydrogen-bond acceptors (Lipinski definition) is 3. The maximum absolute atomic E-state index is 5.56. The summed E-state index contributed by atoms with van der Waals surface area (Å²) in [4.78, 5) is 0. The topological polar surface area (TPSA) is 30.5 Å². The Labute approximate surface area is 115 Å². The lowest BCUT2D eigenvalue weighted by Crippen LogP contribution is -3.00. The first kappa shape index (κ1) is 15.3. The monoisotopic (exact) mass is 270 g/mol. The molecule has 0 radical (unpaired) electrons. The zero-order chi connectivity index (χ0) is 11.9. The Kier molecular flexibility index (Phi) is 7.09. The van der Waals surface area contributed by atoms with Crippen LogP contribution in [0.25, 0.3) is 0 Å². The molecule has 1 saturated heterocycles. The van der Waals surface area contributed by atoms with Crippen LogP contribution in [0.2, 0.25) is 0 Å². The second-order valence-electron chi connectivity index (χ2n) is 4.44. The molecule has 1 aliphatic rings. The lowest BCUT2D eigenvalue weighted by atomic mass is 10.1. The summed E-state index contributed by atoms with van der Waals surface area (Å²) in [5.74, 6) is 0.918. The van der Waals surface area contributed by atoms with Crippen molar-refractivity contribution in [2.75, 3.05) is 26.8 Å². The average Bonchev–Trinajstić information content (AvgIpc) is 2.88. The Balaban J connectivity index is 0.00000162. The fourth-order valence-electron chi connectivity index (χ4n) is 2.09. The number of nitrogens with one attached hydrogen (secondary N) is 1. The van der Waals surface area contributed by atoms with Crippen LogP contribution >= 0.6 is 0 Å². The van der Waals surface area contributed by atoms with Gasteiger partial charge >= 0.3 is 0 Å². The van der Waals surface area contributed by atoms with Crippen LogP contribution in [-0.4, -0.2) is 32.9 Å². The quantitative estimate of drug-likeness (QED) is 0.674. The third-order valence-corrected chi connectivity index (χ3v) is 3.15. The molecule has 2 rings (SSSR count). The first-order chi connectivity index (χ1) is 8.38. The number of methoxy groups -OCH3 is 1. The van der Waals surface area contributed by atoms with E-state index in [4.69, 9.17) is 9.47 Å². The molecular formula is C14H21ClNO2-. The van der Waals surface area contributed by atoms with Crippen LogP contribution in [0.4, 0.5) is 0 Å². The predicted octanol–water partition coefficient (Wildman–Crippen LogP) is -0.990. The molecule has 1 N–H and O–H groups in total. The van der Waals surface area contributed by atoms with E-state index in [1.165, 1.54) is 18.4 Å². The van der Waals surface area contributed by atoms with Gasteiger partial charge < -0.3 is 27.2 Å². The standard InChI is InChI=1S/C14H21NO2.ClH/c1-16-13-6-4-12(5-7-13)8-9-15-11-14-3-2-10-17-14;/h4-7,14-15H,2-3,8-11H2,1H3;1H/p-1. The average molecular weight is 271 g/mol. The van der Waals surface area contributed by atoms with Gasteiger partial charge in [-0.2, -0.15) is 0 Å². The second kappa shape index (κ2) is 8.35. The van der Waals surface area contributed by atoms with Gasteiger partial charge in [-0.15, -0.1) is 0 Å². The highest BCUT2D eigenvalue weighted by Gasteiger charge is 2.14. The van der Waals surface area contributed by atoms with Crippen molar-refractivity contribution in [1.29, 1.82) is 0 Å². The second-order valence-corrected chi connectivity index (χ2v) is 4.44. The number of rotatable bonds is 6. The maximum Gasteiger partial charge on any atom is 0.118 e. The third-order valence-electron chi connectivity index (χ3n) is 3.15. The van der Waals surface area contributed by atoms with Crippen molar-refractivity contribution in [2.45, 2.75) is 25.4 Å². The van der Waals surface area contributed by atoms with Gasteiger partial charge in [-0.3, -0.25) is 0 Å². The van der Waals surface area contributed by atoms with Crippen LogP contribution in [-0.2, 0) is 11.2 Å². The smallest absolute Gasteiger partial charge is 0.118 e. The largest absolute Gasteiger partial charge is 1.00 e. The summed E-state index contributed by atoms with van der Waals surface area (Å²) in [5, 5.41) is 3.45. The van der Waals surface area contributed by atoms with Crippen molar-refractivity contribution in [1.82, 2.24) is 5.32 Å². The summed E-state index contributed by atoms with van der Waals surface area (Å²) in [6.07, 6.45) is 3.91. The Bertz CT molecular complexity index is 323. The molecule has 1 unspecified atom stereocenters. The van der Waals surface area contributed by atoms with Crippen molar-refractivity contribution in [3.8, 4) is 5.75 Å². The van der Waals surface area contributed by atoms with Crippen LogP contribution in [0, 0.1) is 0 Å². The van der Waals surface area contributed by atoms with Gasteiger partial charge in [0.25, 0.3) is 0 Å². The Morgan fingerprint density at radius 1 is 1.33 bits per heavy atom. The van der Waals surface area contributed by atoms with Crippen molar-refractivity contribution >= 4 is 0 Å². The fourth-order valence-corrected chi connectivity index (χ4v) is 2.09. The zero-order valence-corrected chi connectivity index (χ0v) is 11.6. The lowest BCUT2D eigenvalue weighted by molar-refractivity contribution is -0.00000510. The van der Waals surface area contributed by atoms with E-state index in [1.54, 1.807) is 7.11 Å². The normalized spacial score (nSPS) is 18.4. The molecule has 1 fully saturated rings. The number of ether oxygens (including phenoxy) is 2. The highest BCUT2D eigenvalue weighted by molar-refractivity contribution is 5.27. The molecule has 102 valence electrons. The minimum Gasteiger partial charge on any atom is -1.00 e. The molecule has 1 heterocycles. The van der Waals surface area contributed by atoms with Gasteiger partial charge in [0.1, 0.15) is 5.75 Å². The van der Waals surface area contributed by atoms with Crippen LogP contribution in [0.3, 0.4) is 0 Å². The van der Waals surface area contributed by atoms with Crippen molar-refractivity contribution in [2.24, 2.45) is 0 Å². The Hall–Kier alpha value is -0.770. The van der Waals surface area contributed by atoms with Gasteiger partial charge in [-0.1, -0.05) is 12.1 Å². The minimum absolute atomic E-state index is 0. The van der Waals surface area contributed by atoms with E-state index in [0.29, 0.717) is 6.10 Å². The molecule has 1 aromatic carbocycles. The summed E-state index contributed by atoms with van der Waals surface area (Å²) >= 11 is 0. The molecule has 0 aromatic heterocycles. The minimum atomic E-state index is 0. The molecule has 0 bridgehead atoms. The third kappa shape index (κ3) is 4.84. The van der Waals surface area contributed by atoms with Crippen molar-refractivity contribution in [3.63, 3.8) is 0 Å². The van der Waals surface area contributed by atoms with E-state index in [1.807, 2.05) is 12.1 Å². The fraction of sp³-hybridized carbons (Fsp3) is 0.571. The van der Waals surface area contributed by atoms with Crippen LogP contribution in [0.15, 0.2) is 24.3 Å². The molecule has 18 heavy (non-hydrogen) atoms. The van der Waals surface area contributed by atoms with Crippen LogP contribution < -0.4 is 22.5 Å². The molecule has 3 nitrogen and oxygen atoms in total. The highest BCUT2D eigenvalue weighted by Crippen LogP contribution is 2.12. The summed E-state index contributed by atoms with van der Waals surface area (Å²) in [6.45, 7) is 2.92. The van der Waals surface area contributed by atoms with E-state index in [0.717, 1.165) is 31.9 Å². The highest BCUT2D eigenvalue weighted by atomic mass is 35.5. The number of halogens is 1. The first-order valence-electron chi connectivity index (χ1n) is 6.34. The van der Waals surface area contributed by atoms with Gasteiger partial charge in [0.15, 0.2) is 0 Å². The van der Waals surface area contributed by atoms with Crippen molar-refractivity contribution in [3.05, 3.63) is 29.8 Å². The summed E-state index contributed by atoms with van der Waals surface area (Å²) in [7, 11) is 1.69. The first-order valence-corrected chi connectivity index (χ1v) is 6.34. The van der Waals surface area contributed by atoms with Crippen LogP contribution in [0.1, 0.15) is 18.4 Å². The van der Waals surface area contributed by atoms with E-state index in [2.05, 4.69) is 17.4 Å². The van der Waals surface area contributed by atoms with Gasteiger partial charge in [-0.25, -0.2) is 0 Å². The molecule has 1 aliphatic heterocycles. The summed E-state index contributed by atoms with van der Waals surface area (Å²) in [5.41, 5.74) is 1.34. The molecule has 0 amide bonds. The SMILES string of the molecule is COc1ccc(CCNCC2CCCO2)cc1.[Cl-]. The van der Waals surface area contributed by atoms with Gasteiger partial charge in [0, 0.05) is 13.2 Å². The maximum atomic E-state index is 5.56. The van der Waals surface area contributed by atoms with Gasteiger partial charge in [-0.05, 0) is 43.5 Å². The molecular weight excluding hydrogens is 250 g/mol. The van der Waals surface area contributed by atoms with Gasteiger partial charge in [0.2, 0.25) is 0 Å². The van der Waals surface area contributed by atoms with E-state index < -0.39 is 0 Å². The Morgan fingerprint density at radius 3 is 2.72 bits per heavy atom. The molecule has 0 spiro atoms. The summed E-state index contributed by atoms with van der Waals surface area (Å²) < 4.78 is 10.7. The molecule has 4 heteroatoms. The molecule has 1 aromatic rings. The number of hydrogen-bond donors (Lipinski definition) is 1. The number of benzene rings is 1. The molecule has 1 atom stereocenters. The van der Waals surface area contributed by atoms with E-state index in [9.17, 15) is 0 Å². The van der Waals surface area contributed by atoms with E-state index >= 15 is 0 Å². The molecule has 0 aliphatic carbocycles.